The van der Waals surface area contributed by atoms with Crippen LogP contribution in [0.3, 0.4) is 0 Å². The zero-order valence-corrected chi connectivity index (χ0v) is 12.1. The molecule has 2 aromatic rings. The Kier molecular flexibility index (Phi) is 4.18. The number of benzene rings is 2. The summed E-state index contributed by atoms with van der Waals surface area (Å²) in [4.78, 5) is 4.89. The van der Waals surface area contributed by atoms with Crippen molar-refractivity contribution in [1.29, 1.82) is 5.26 Å². The second kappa shape index (κ2) is 6.43. The van der Waals surface area contributed by atoms with Gasteiger partial charge >= 0.3 is 0 Å². The highest BCUT2D eigenvalue weighted by Gasteiger charge is 2.17. The first-order chi connectivity index (χ1) is 10.3. The van der Waals surface area contributed by atoms with Crippen molar-refractivity contribution in [2.75, 3.05) is 31.1 Å². The third-order valence-corrected chi connectivity index (χ3v) is 3.96. The van der Waals surface area contributed by atoms with Crippen LogP contribution in [0.15, 0.2) is 54.6 Å². The molecule has 21 heavy (non-hydrogen) atoms. The fraction of sp³-hybridized carbons (Fsp3) is 0.278. The van der Waals surface area contributed by atoms with Crippen molar-refractivity contribution in [3.05, 3.63) is 65.7 Å². The predicted molar refractivity (Wildman–Crippen MR) is 85.1 cm³/mol. The Balaban J connectivity index is 1.57. The van der Waals surface area contributed by atoms with Gasteiger partial charge in [0.1, 0.15) is 0 Å². The Labute approximate surface area is 126 Å². The molecule has 3 rings (SSSR count). The molecule has 1 fully saturated rings. The highest BCUT2D eigenvalue weighted by Crippen LogP contribution is 2.17. The lowest BCUT2D eigenvalue weighted by atomic mass is 10.1. The van der Waals surface area contributed by atoms with Gasteiger partial charge in [0.2, 0.25) is 0 Å². The molecule has 0 radical (unpaired) electrons. The van der Waals surface area contributed by atoms with Crippen molar-refractivity contribution in [1.82, 2.24) is 4.90 Å². The van der Waals surface area contributed by atoms with Gasteiger partial charge < -0.3 is 4.90 Å². The number of hydrogen-bond acceptors (Lipinski definition) is 3. The molecule has 3 heteroatoms. The predicted octanol–water partition coefficient (Wildman–Crippen LogP) is 2.88. The number of para-hydroxylation sites is 1. The normalized spacial score (nSPS) is 15.7. The van der Waals surface area contributed by atoms with E-state index >= 15 is 0 Å². The number of rotatable bonds is 3. The average molecular weight is 277 g/mol. The van der Waals surface area contributed by atoms with E-state index in [1.54, 1.807) is 0 Å². The number of hydrogen-bond donors (Lipinski definition) is 0. The summed E-state index contributed by atoms with van der Waals surface area (Å²) in [6, 6.07) is 20.7. The molecular weight excluding hydrogens is 258 g/mol. The summed E-state index contributed by atoms with van der Waals surface area (Å²) in [5.74, 6) is 0. The van der Waals surface area contributed by atoms with E-state index in [2.05, 4.69) is 52.3 Å². The molecule has 1 aliphatic rings. The van der Waals surface area contributed by atoms with Gasteiger partial charge in [-0.2, -0.15) is 5.26 Å². The standard InChI is InChI=1S/C18H19N3/c19-14-16-5-4-6-17(13-16)15-20-9-11-21(12-10-20)18-7-2-1-3-8-18/h1-8,13H,9-12,15H2. The molecule has 0 bridgehead atoms. The van der Waals surface area contributed by atoms with Crippen LogP contribution < -0.4 is 4.90 Å². The van der Waals surface area contributed by atoms with Crippen LogP contribution in [0.2, 0.25) is 0 Å². The molecule has 2 aromatic carbocycles. The van der Waals surface area contributed by atoms with Gasteiger partial charge in [-0.05, 0) is 29.8 Å². The molecule has 3 nitrogen and oxygen atoms in total. The van der Waals surface area contributed by atoms with E-state index in [4.69, 9.17) is 5.26 Å². The summed E-state index contributed by atoms with van der Waals surface area (Å²) in [5.41, 5.74) is 3.28. The van der Waals surface area contributed by atoms with Gasteiger partial charge in [-0.3, -0.25) is 4.90 Å². The van der Waals surface area contributed by atoms with E-state index in [0.29, 0.717) is 0 Å². The minimum absolute atomic E-state index is 0.746. The van der Waals surface area contributed by atoms with Crippen LogP contribution in [-0.4, -0.2) is 31.1 Å². The summed E-state index contributed by atoms with van der Waals surface area (Å²) in [6.07, 6.45) is 0. The number of nitrogens with zero attached hydrogens (tertiary/aromatic N) is 3. The molecule has 0 aliphatic carbocycles. The molecule has 0 amide bonds. The second-order valence-electron chi connectivity index (χ2n) is 5.41. The quantitative estimate of drug-likeness (QED) is 0.864. The molecule has 0 aromatic heterocycles. The first kappa shape index (κ1) is 13.7. The molecule has 1 aliphatic heterocycles. The maximum atomic E-state index is 8.96. The summed E-state index contributed by atoms with van der Waals surface area (Å²) in [6.45, 7) is 5.17. The highest BCUT2D eigenvalue weighted by molar-refractivity contribution is 5.46. The first-order valence-corrected chi connectivity index (χ1v) is 7.36. The molecule has 0 spiro atoms. The minimum atomic E-state index is 0.746. The summed E-state index contributed by atoms with van der Waals surface area (Å²) in [7, 11) is 0. The van der Waals surface area contributed by atoms with Crippen LogP contribution in [-0.2, 0) is 6.54 Å². The Hall–Kier alpha value is -2.31. The zero-order chi connectivity index (χ0) is 14.5. The Morgan fingerprint density at radius 3 is 2.38 bits per heavy atom. The van der Waals surface area contributed by atoms with Crippen LogP contribution in [0.4, 0.5) is 5.69 Å². The maximum Gasteiger partial charge on any atom is 0.0991 e. The van der Waals surface area contributed by atoms with Crippen molar-refractivity contribution >= 4 is 5.69 Å². The van der Waals surface area contributed by atoms with Gasteiger partial charge in [0.05, 0.1) is 11.6 Å². The summed E-state index contributed by atoms with van der Waals surface area (Å²) < 4.78 is 0. The van der Waals surface area contributed by atoms with Crippen molar-refractivity contribution in [2.45, 2.75) is 6.54 Å². The first-order valence-electron chi connectivity index (χ1n) is 7.36. The van der Waals surface area contributed by atoms with E-state index < -0.39 is 0 Å². The maximum absolute atomic E-state index is 8.96. The molecule has 0 atom stereocenters. The number of nitriles is 1. The third kappa shape index (κ3) is 3.42. The molecule has 0 saturated carbocycles. The summed E-state index contributed by atoms with van der Waals surface area (Å²) in [5, 5.41) is 8.96. The minimum Gasteiger partial charge on any atom is -0.369 e. The lowest BCUT2D eigenvalue weighted by Gasteiger charge is -2.36. The van der Waals surface area contributed by atoms with Crippen molar-refractivity contribution in [3.8, 4) is 6.07 Å². The van der Waals surface area contributed by atoms with Gasteiger partial charge in [-0.15, -0.1) is 0 Å². The Bertz CT molecular complexity index is 622. The molecule has 1 heterocycles. The van der Waals surface area contributed by atoms with Crippen molar-refractivity contribution in [3.63, 3.8) is 0 Å². The van der Waals surface area contributed by atoms with E-state index in [-0.39, 0.29) is 0 Å². The molecule has 106 valence electrons. The van der Waals surface area contributed by atoms with E-state index in [0.717, 1.165) is 38.3 Å². The van der Waals surface area contributed by atoms with Gasteiger partial charge in [0, 0.05) is 38.4 Å². The second-order valence-corrected chi connectivity index (χ2v) is 5.41. The van der Waals surface area contributed by atoms with Gasteiger partial charge in [0.25, 0.3) is 0 Å². The van der Waals surface area contributed by atoms with Crippen LogP contribution in [0, 0.1) is 11.3 Å². The average Bonchev–Trinajstić information content (AvgIpc) is 2.56. The fourth-order valence-electron chi connectivity index (χ4n) is 2.80. The van der Waals surface area contributed by atoms with E-state index in [9.17, 15) is 0 Å². The van der Waals surface area contributed by atoms with Crippen molar-refractivity contribution in [2.24, 2.45) is 0 Å². The summed E-state index contributed by atoms with van der Waals surface area (Å²) >= 11 is 0. The van der Waals surface area contributed by atoms with E-state index in [1.165, 1.54) is 11.3 Å². The van der Waals surface area contributed by atoms with Crippen LogP contribution >= 0.6 is 0 Å². The van der Waals surface area contributed by atoms with Gasteiger partial charge in [0.15, 0.2) is 0 Å². The molecule has 0 N–H and O–H groups in total. The Morgan fingerprint density at radius 2 is 1.67 bits per heavy atom. The van der Waals surface area contributed by atoms with Crippen LogP contribution in [0.1, 0.15) is 11.1 Å². The molecule has 1 saturated heterocycles. The number of piperazine rings is 1. The van der Waals surface area contributed by atoms with Crippen molar-refractivity contribution < 1.29 is 0 Å². The largest absolute Gasteiger partial charge is 0.369 e. The van der Waals surface area contributed by atoms with Crippen LogP contribution in [0.5, 0.6) is 0 Å². The Morgan fingerprint density at radius 1 is 0.905 bits per heavy atom. The smallest absolute Gasteiger partial charge is 0.0991 e. The lowest BCUT2D eigenvalue weighted by Crippen LogP contribution is -2.45. The van der Waals surface area contributed by atoms with E-state index in [1.807, 2.05) is 18.2 Å². The molecular formula is C18H19N3. The zero-order valence-electron chi connectivity index (χ0n) is 12.1. The number of anilines is 1. The SMILES string of the molecule is N#Cc1cccc(CN2CCN(c3ccccc3)CC2)c1. The fourth-order valence-corrected chi connectivity index (χ4v) is 2.80. The topological polar surface area (TPSA) is 30.3 Å². The highest BCUT2D eigenvalue weighted by atomic mass is 15.3. The third-order valence-electron chi connectivity index (χ3n) is 3.96. The van der Waals surface area contributed by atoms with Gasteiger partial charge in [-0.1, -0.05) is 30.3 Å². The lowest BCUT2D eigenvalue weighted by molar-refractivity contribution is 0.250. The van der Waals surface area contributed by atoms with Gasteiger partial charge in [-0.25, -0.2) is 0 Å². The molecule has 0 unspecified atom stereocenters. The monoisotopic (exact) mass is 277 g/mol. The van der Waals surface area contributed by atoms with Crippen LogP contribution in [0.25, 0.3) is 0 Å².